The van der Waals surface area contributed by atoms with E-state index in [0.29, 0.717) is 5.75 Å². The lowest BCUT2D eigenvalue weighted by atomic mass is 10.0. The number of rotatable bonds is 5. The number of hydrogen-bond acceptors (Lipinski definition) is 3. The van der Waals surface area contributed by atoms with Gasteiger partial charge in [0.2, 0.25) is 5.91 Å². The lowest BCUT2D eigenvalue weighted by Gasteiger charge is -2.17. The first-order chi connectivity index (χ1) is 13.5. The van der Waals surface area contributed by atoms with Crippen molar-refractivity contribution in [1.82, 2.24) is 10.9 Å². The van der Waals surface area contributed by atoms with Crippen molar-refractivity contribution in [2.24, 2.45) is 0 Å². The lowest BCUT2D eigenvalue weighted by Crippen LogP contribution is -2.47. The van der Waals surface area contributed by atoms with Gasteiger partial charge in [-0.1, -0.05) is 54.6 Å². The summed E-state index contributed by atoms with van der Waals surface area (Å²) in [5.41, 5.74) is 7.90. The van der Waals surface area contributed by atoms with E-state index < -0.39 is 12.0 Å². The number of hydrogen-bond donors (Lipinski definition) is 2. The number of nitrogens with one attached hydrogen (secondary N) is 2. The van der Waals surface area contributed by atoms with Crippen molar-refractivity contribution < 1.29 is 14.3 Å². The molecule has 0 saturated heterocycles. The van der Waals surface area contributed by atoms with Crippen LogP contribution in [0.2, 0.25) is 0 Å². The van der Waals surface area contributed by atoms with Crippen LogP contribution in [0.5, 0.6) is 5.75 Å². The smallest absolute Gasteiger partial charge is 0.279 e. The topological polar surface area (TPSA) is 67.4 Å². The second-order valence-electron chi connectivity index (χ2n) is 6.81. The van der Waals surface area contributed by atoms with Crippen molar-refractivity contribution in [2.75, 3.05) is 0 Å². The molecule has 0 bridgehead atoms. The molecule has 2 N–H and O–H groups in total. The van der Waals surface area contributed by atoms with E-state index in [1.54, 1.807) is 6.92 Å². The van der Waals surface area contributed by atoms with Crippen LogP contribution in [0.1, 0.15) is 23.6 Å². The number of fused-ring (bicyclic) bond motifs is 1. The first-order valence-corrected chi connectivity index (χ1v) is 9.24. The maximum Gasteiger partial charge on any atom is 0.279 e. The highest BCUT2D eigenvalue weighted by atomic mass is 16.5. The summed E-state index contributed by atoms with van der Waals surface area (Å²) in [6, 6.07) is 19.4. The van der Waals surface area contributed by atoms with Crippen LogP contribution in [0.15, 0.2) is 60.7 Å². The molecule has 0 saturated carbocycles. The van der Waals surface area contributed by atoms with Crippen LogP contribution in [-0.2, 0) is 16.0 Å². The summed E-state index contributed by atoms with van der Waals surface area (Å²) in [4.78, 5) is 24.5. The second kappa shape index (κ2) is 8.57. The van der Waals surface area contributed by atoms with E-state index in [0.717, 1.165) is 27.5 Å². The number of aryl methyl sites for hydroxylation is 1. The van der Waals surface area contributed by atoms with Crippen molar-refractivity contribution in [3.05, 3.63) is 77.4 Å². The van der Waals surface area contributed by atoms with E-state index in [2.05, 4.69) is 10.9 Å². The molecule has 0 radical (unpaired) electrons. The highest BCUT2D eigenvalue weighted by Crippen LogP contribution is 2.22. The van der Waals surface area contributed by atoms with E-state index in [1.807, 2.05) is 74.5 Å². The highest BCUT2D eigenvalue weighted by molar-refractivity contribution is 5.91. The Balaban J connectivity index is 1.56. The fraction of sp³-hybridized carbons (Fsp3) is 0.217. The first-order valence-electron chi connectivity index (χ1n) is 9.24. The van der Waals surface area contributed by atoms with Crippen molar-refractivity contribution in [1.29, 1.82) is 0 Å². The van der Waals surface area contributed by atoms with Crippen LogP contribution in [0.4, 0.5) is 0 Å². The van der Waals surface area contributed by atoms with Crippen molar-refractivity contribution in [3.8, 4) is 5.75 Å². The van der Waals surface area contributed by atoms with E-state index in [1.165, 1.54) is 0 Å². The Morgan fingerprint density at radius 2 is 1.64 bits per heavy atom. The zero-order valence-electron chi connectivity index (χ0n) is 16.3. The average Bonchev–Trinajstić information content (AvgIpc) is 2.70. The molecule has 0 aliphatic carbocycles. The number of carbonyl (C=O) groups is 2. The molecule has 2 amide bonds. The van der Waals surface area contributed by atoms with Crippen molar-refractivity contribution in [3.63, 3.8) is 0 Å². The Kier molecular flexibility index (Phi) is 5.94. The zero-order chi connectivity index (χ0) is 20.1. The van der Waals surface area contributed by atoms with Gasteiger partial charge in [-0.2, -0.15) is 0 Å². The third kappa shape index (κ3) is 4.49. The summed E-state index contributed by atoms with van der Waals surface area (Å²) in [5.74, 6) is -0.0412. The molecule has 0 aromatic heterocycles. The molecule has 1 atom stereocenters. The van der Waals surface area contributed by atoms with Crippen molar-refractivity contribution in [2.45, 2.75) is 33.3 Å². The molecule has 0 aliphatic rings. The Morgan fingerprint density at radius 1 is 0.929 bits per heavy atom. The molecule has 0 heterocycles. The molecule has 28 heavy (non-hydrogen) atoms. The minimum absolute atomic E-state index is 0.174. The summed E-state index contributed by atoms with van der Waals surface area (Å²) in [6.45, 7) is 5.58. The third-order valence-electron chi connectivity index (χ3n) is 4.78. The first kappa shape index (κ1) is 19.4. The molecule has 0 unspecified atom stereocenters. The van der Waals surface area contributed by atoms with Gasteiger partial charge >= 0.3 is 0 Å². The SMILES string of the molecule is Cc1cccc(O[C@@H](C)C(=O)NNC(=O)Cc2cccc3ccccc23)c1C. The van der Waals surface area contributed by atoms with Crippen LogP contribution in [0, 0.1) is 13.8 Å². The minimum atomic E-state index is -0.738. The molecule has 5 heteroatoms. The maximum atomic E-state index is 12.3. The van der Waals surface area contributed by atoms with Crippen molar-refractivity contribution >= 4 is 22.6 Å². The van der Waals surface area contributed by atoms with Gasteiger partial charge in [0.25, 0.3) is 5.91 Å². The fourth-order valence-electron chi connectivity index (χ4n) is 2.99. The average molecular weight is 376 g/mol. The summed E-state index contributed by atoms with van der Waals surface area (Å²) in [5, 5.41) is 2.10. The van der Waals surface area contributed by atoms with Crippen LogP contribution < -0.4 is 15.6 Å². The molecule has 3 aromatic carbocycles. The Hall–Kier alpha value is -3.34. The third-order valence-corrected chi connectivity index (χ3v) is 4.78. The van der Waals surface area contributed by atoms with E-state index in [-0.39, 0.29) is 12.3 Å². The van der Waals surface area contributed by atoms with Gasteiger partial charge in [0.1, 0.15) is 5.75 Å². The van der Waals surface area contributed by atoms with Gasteiger partial charge in [0.15, 0.2) is 6.10 Å². The maximum absolute atomic E-state index is 12.3. The van der Waals surface area contributed by atoms with Gasteiger partial charge in [-0.05, 0) is 54.3 Å². The van der Waals surface area contributed by atoms with Crippen LogP contribution in [0.25, 0.3) is 10.8 Å². The number of hydrazine groups is 1. The van der Waals surface area contributed by atoms with Gasteiger partial charge in [-0.3, -0.25) is 20.4 Å². The molecule has 0 spiro atoms. The predicted molar refractivity (Wildman–Crippen MR) is 110 cm³/mol. The number of ether oxygens (including phenoxy) is 1. The van der Waals surface area contributed by atoms with Crippen LogP contribution in [-0.4, -0.2) is 17.9 Å². The van der Waals surface area contributed by atoms with Gasteiger partial charge in [-0.25, -0.2) is 0 Å². The monoisotopic (exact) mass is 376 g/mol. The standard InChI is InChI=1S/C23H24N2O3/c1-15-8-6-13-21(16(15)2)28-17(3)23(27)25-24-22(26)14-19-11-7-10-18-9-4-5-12-20(18)19/h4-13,17H,14H2,1-3H3,(H,24,26)(H,25,27)/t17-/m0/s1. The fourth-order valence-corrected chi connectivity index (χ4v) is 2.99. The Labute approximate surface area is 164 Å². The van der Waals surface area contributed by atoms with E-state index in [4.69, 9.17) is 4.74 Å². The Morgan fingerprint density at radius 3 is 2.46 bits per heavy atom. The summed E-state index contributed by atoms with van der Waals surface area (Å²) in [7, 11) is 0. The normalized spacial score (nSPS) is 11.7. The Bertz CT molecular complexity index is 1010. The summed E-state index contributed by atoms with van der Waals surface area (Å²) in [6.07, 6.45) is -0.563. The molecule has 3 aromatic rings. The van der Waals surface area contributed by atoms with E-state index >= 15 is 0 Å². The van der Waals surface area contributed by atoms with Gasteiger partial charge < -0.3 is 4.74 Å². The minimum Gasteiger partial charge on any atom is -0.481 e. The van der Waals surface area contributed by atoms with Gasteiger partial charge in [0, 0.05) is 0 Å². The van der Waals surface area contributed by atoms with Crippen LogP contribution in [0.3, 0.4) is 0 Å². The molecule has 144 valence electrons. The highest BCUT2D eigenvalue weighted by Gasteiger charge is 2.17. The molecule has 0 aliphatic heterocycles. The van der Waals surface area contributed by atoms with Gasteiger partial charge in [-0.15, -0.1) is 0 Å². The number of carbonyl (C=O) groups excluding carboxylic acids is 2. The zero-order valence-corrected chi connectivity index (χ0v) is 16.3. The molecule has 3 rings (SSSR count). The molecular formula is C23H24N2O3. The van der Waals surface area contributed by atoms with Crippen LogP contribution >= 0.6 is 0 Å². The number of benzene rings is 3. The van der Waals surface area contributed by atoms with Gasteiger partial charge in [0.05, 0.1) is 6.42 Å². The lowest BCUT2D eigenvalue weighted by molar-refractivity contribution is -0.132. The molecular weight excluding hydrogens is 352 g/mol. The number of amides is 2. The molecule has 0 fully saturated rings. The quantitative estimate of drug-likeness (QED) is 0.669. The van der Waals surface area contributed by atoms with E-state index in [9.17, 15) is 9.59 Å². The largest absolute Gasteiger partial charge is 0.481 e. The summed E-state index contributed by atoms with van der Waals surface area (Å²) >= 11 is 0. The molecule has 5 nitrogen and oxygen atoms in total. The predicted octanol–water partition coefficient (Wildman–Crippen LogP) is 3.61. The second-order valence-corrected chi connectivity index (χ2v) is 6.81. The summed E-state index contributed by atoms with van der Waals surface area (Å²) < 4.78 is 5.73.